The molecule has 2 N–H and O–H groups in total. The predicted molar refractivity (Wildman–Crippen MR) is 71.9 cm³/mol. The van der Waals surface area contributed by atoms with Gasteiger partial charge in [-0.05, 0) is 25.0 Å². The normalized spacial score (nSPS) is 18.6. The lowest BCUT2D eigenvalue weighted by Gasteiger charge is -2.23. The first-order chi connectivity index (χ1) is 9.08. The van der Waals surface area contributed by atoms with Crippen LogP contribution in [-0.4, -0.2) is 48.4 Å². The molecule has 0 radical (unpaired) electrons. The molecule has 1 atom stereocenters. The van der Waals surface area contributed by atoms with Crippen molar-refractivity contribution in [2.45, 2.75) is 18.9 Å². The van der Waals surface area contributed by atoms with Crippen LogP contribution < -0.4 is 10.6 Å². The molecule has 1 fully saturated rings. The number of nitrogens with zero attached hydrogens (tertiary/aromatic N) is 2. The van der Waals surface area contributed by atoms with Crippen LogP contribution in [0.4, 0.5) is 5.69 Å². The van der Waals surface area contributed by atoms with Crippen LogP contribution in [0, 0.1) is 0 Å². The molecule has 2 amide bonds. The SMILES string of the molecule is CN(C)C(=O)c1cc(NC2CCCNC2=O)ccn1. The maximum Gasteiger partial charge on any atom is 0.272 e. The Labute approximate surface area is 112 Å². The number of amides is 2. The Morgan fingerprint density at radius 1 is 1.53 bits per heavy atom. The zero-order valence-corrected chi connectivity index (χ0v) is 11.1. The van der Waals surface area contributed by atoms with Crippen molar-refractivity contribution >= 4 is 17.5 Å². The summed E-state index contributed by atoms with van der Waals surface area (Å²) in [4.78, 5) is 29.0. The van der Waals surface area contributed by atoms with Gasteiger partial charge in [-0.25, -0.2) is 0 Å². The van der Waals surface area contributed by atoms with Crippen LogP contribution in [0.1, 0.15) is 23.3 Å². The third kappa shape index (κ3) is 3.21. The topological polar surface area (TPSA) is 74.3 Å². The van der Waals surface area contributed by atoms with E-state index in [1.165, 1.54) is 4.90 Å². The highest BCUT2D eigenvalue weighted by atomic mass is 16.2. The Kier molecular flexibility index (Phi) is 3.99. The first-order valence-corrected chi connectivity index (χ1v) is 6.30. The summed E-state index contributed by atoms with van der Waals surface area (Å²) < 4.78 is 0. The standard InChI is InChI=1S/C13H18N4O2/c1-17(2)13(19)11-8-9(5-7-14-11)16-10-4-3-6-15-12(10)18/h5,7-8,10H,3-4,6H2,1-2H3,(H,14,16)(H,15,18). The van der Waals surface area contributed by atoms with E-state index in [1.807, 2.05) is 0 Å². The lowest BCUT2D eigenvalue weighted by molar-refractivity contribution is -0.123. The molecule has 2 rings (SSSR count). The lowest BCUT2D eigenvalue weighted by atomic mass is 10.1. The van der Waals surface area contributed by atoms with Crippen molar-refractivity contribution in [3.8, 4) is 0 Å². The number of carbonyl (C=O) groups excluding carboxylic acids is 2. The van der Waals surface area contributed by atoms with Crippen LogP contribution in [0.25, 0.3) is 0 Å². The second-order valence-electron chi connectivity index (χ2n) is 4.76. The van der Waals surface area contributed by atoms with Gasteiger partial charge in [0.25, 0.3) is 5.91 Å². The summed E-state index contributed by atoms with van der Waals surface area (Å²) in [6.45, 7) is 0.734. The average Bonchev–Trinajstić information content (AvgIpc) is 2.41. The van der Waals surface area contributed by atoms with Gasteiger partial charge in [-0.2, -0.15) is 0 Å². The monoisotopic (exact) mass is 262 g/mol. The molecule has 102 valence electrons. The molecule has 0 saturated carbocycles. The second kappa shape index (κ2) is 5.69. The number of piperidine rings is 1. The van der Waals surface area contributed by atoms with Crippen molar-refractivity contribution in [1.82, 2.24) is 15.2 Å². The van der Waals surface area contributed by atoms with Gasteiger partial charge < -0.3 is 15.5 Å². The Balaban J connectivity index is 2.10. The van der Waals surface area contributed by atoms with Crippen LogP contribution in [0.15, 0.2) is 18.3 Å². The van der Waals surface area contributed by atoms with Gasteiger partial charge in [0.05, 0.1) is 0 Å². The molecule has 1 unspecified atom stereocenters. The van der Waals surface area contributed by atoms with Gasteiger partial charge in [0, 0.05) is 32.5 Å². The Morgan fingerprint density at radius 2 is 2.32 bits per heavy atom. The summed E-state index contributed by atoms with van der Waals surface area (Å²) in [6.07, 6.45) is 3.32. The summed E-state index contributed by atoms with van der Waals surface area (Å²) >= 11 is 0. The van der Waals surface area contributed by atoms with Crippen LogP contribution in [0.5, 0.6) is 0 Å². The highest BCUT2D eigenvalue weighted by Gasteiger charge is 2.21. The van der Waals surface area contributed by atoms with Crippen molar-refractivity contribution < 1.29 is 9.59 Å². The van der Waals surface area contributed by atoms with E-state index in [4.69, 9.17) is 0 Å². The third-order valence-corrected chi connectivity index (χ3v) is 3.01. The fourth-order valence-electron chi connectivity index (χ4n) is 1.98. The second-order valence-corrected chi connectivity index (χ2v) is 4.76. The minimum Gasteiger partial charge on any atom is -0.374 e. The number of pyridine rings is 1. The quantitative estimate of drug-likeness (QED) is 0.830. The van der Waals surface area contributed by atoms with Crippen molar-refractivity contribution in [3.63, 3.8) is 0 Å². The summed E-state index contributed by atoms with van der Waals surface area (Å²) in [5.74, 6) is -0.153. The van der Waals surface area contributed by atoms with E-state index in [2.05, 4.69) is 15.6 Å². The highest BCUT2D eigenvalue weighted by Crippen LogP contribution is 2.14. The first kappa shape index (κ1) is 13.3. The average molecular weight is 262 g/mol. The number of aromatic nitrogens is 1. The molecule has 0 aliphatic carbocycles. The van der Waals surface area contributed by atoms with Crippen LogP contribution >= 0.6 is 0 Å². The van der Waals surface area contributed by atoms with Crippen LogP contribution in [0.2, 0.25) is 0 Å². The number of rotatable bonds is 3. The molecule has 1 aromatic rings. The van der Waals surface area contributed by atoms with E-state index in [0.29, 0.717) is 5.69 Å². The molecule has 6 heteroatoms. The van der Waals surface area contributed by atoms with Crippen molar-refractivity contribution in [2.24, 2.45) is 0 Å². The van der Waals surface area contributed by atoms with Gasteiger partial charge in [0.2, 0.25) is 5.91 Å². The van der Waals surface area contributed by atoms with Crippen LogP contribution in [0.3, 0.4) is 0 Å². The molecule has 1 aliphatic heterocycles. The summed E-state index contributed by atoms with van der Waals surface area (Å²) in [6, 6.07) is 3.19. The Bertz CT molecular complexity index is 487. The van der Waals surface area contributed by atoms with E-state index in [0.717, 1.165) is 25.1 Å². The molecule has 0 spiro atoms. The lowest BCUT2D eigenvalue weighted by Crippen LogP contribution is -2.44. The van der Waals surface area contributed by atoms with Crippen LogP contribution in [-0.2, 0) is 4.79 Å². The molecule has 2 heterocycles. The Hall–Kier alpha value is -2.11. The maximum atomic E-state index is 11.8. The Morgan fingerprint density at radius 3 is 3.00 bits per heavy atom. The molecular formula is C13H18N4O2. The fraction of sp³-hybridized carbons (Fsp3) is 0.462. The zero-order chi connectivity index (χ0) is 13.8. The van der Waals surface area contributed by atoms with Crippen molar-refractivity contribution in [2.75, 3.05) is 26.0 Å². The van der Waals surface area contributed by atoms with E-state index >= 15 is 0 Å². The van der Waals surface area contributed by atoms with Gasteiger partial charge in [-0.1, -0.05) is 0 Å². The molecule has 1 aromatic heterocycles. The van der Waals surface area contributed by atoms with E-state index < -0.39 is 0 Å². The molecule has 1 saturated heterocycles. The van der Waals surface area contributed by atoms with Gasteiger partial charge >= 0.3 is 0 Å². The molecule has 19 heavy (non-hydrogen) atoms. The third-order valence-electron chi connectivity index (χ3n) is 3.01. The number of carbonyl (C=O) groups is 2. The molecule has 6 nitrogen and oxygen atoms in total. The summed E-state index contributed by atoms with van der Waals surface area (Å²) in [5, 5.41) is 5.96. The highest BCUT2D eigenvalue weighted by molar-refractivity contribution is 5.93. The fourth-order valence-corrected chi connectivity index (χ4v) is 1.98. The number of hydrogen-bond donors (Lipinski definition) is 2. The van der Waals surface area contributed by atoms with Crippen molar-refractivity contribution in [3.05, 3.63) is 24.0 Å². The number of nitrogens with one attached hydrogen (secondary N) is 2. The molecule has 0 aromatic carbocycles. The molecule has 1 aliphatic rings. The van der Waals surface area contributed by atoms with E-state index in [1.54, 1.807) is 32.4 Å². The van der Waals surface area contributed by atoms with Gasteiger partial charge in [-0.15, -0.1) is 0 Å². The van der Waals surface area contributed by atoms with E-state index in [9.17, 15) is 9.59 Å². The summed E-state index contributed by atoms with van der Waals surface area (Å²) in [7, 11) is 3.36. The summed E-state index contributed by atoms with van der Waals surface area (Å²) in [5.41, 5.74) is 1.11. The minimum atomic E-state index is -0.238. The first-order valence-electron chi connectivity index (χ1n) is 6.30. The molecular weight excluding hydrogens is 244 g/mol. The largest absolute Gasteiger partial charge is 0.374 e. The van der Waals surface area contributed by atoms with Gasteiger partial charge in [0.15, 0.2) is 0 Å². The number of anilines is 1. The maximum absolute atomic E-state index is 11.8. The number of hydrogen-bond acceptors (Lipinski definition) is 4. The van der Waals surface area contributed by atoms with Gasteiger partial charge in [0.1, 0.15) is 11.7 Å². The zero-order valence-electron chi connectivity index (χ0n) is 11.1. The smallest absolute Gasteiger partial charge is 0.272 e. The molecule has 0 bridgehead atoms. The van der Waals surface area contributed by atoms with Crippen molar-refractivity contribution in [1.29, 1.82) is 0 Å². The van der Waals surface area contributed by atoms with Gasteiger partial charge in [-0.3, -0.25) is 14.6 Å². The minimum absolute atomic E-state index is 0.00329. The predicted octanol–water partition coefficient (Wildman–Crippen LogP) is 0.474. The van der Waals surface area contributed by atoms with E-state index in [-0.39, 0.29) is 17.9 Å².